The largest absolute Gasteiger partial charge is 0.428 e. The summed E-state index contributed by atoms with van der Waals surface area (Å²) in [5.74, 6) is 0.506. The molecule has 1 heterocycles. The zero-order valence-corrected chi connectivity index (χ0v) is 9.59. The summed E-state index contributed by atoms with van der Waals surface area (Å²) in [5.41, 5.74) is 1.29. The van der Waals surface area contributed by atoms with E-state index < -0.39 is 6.10 Å². The Morgan fingerprint density at radius 2 is 1.94 bits per heavy atom. The van der Waals surface area contributed by atoms with Crippen LogP contribution in [0, 0.1) is 6.92 Å². The van der Waals surface area contributed by atoms with Crippen molar-refractivity contribution in [3.63, 3.8) is 0 Å². The molecule has 1 atom stereocenters. The van der Waals surface area contributed by atoms with E-state index in [0.29, 0.717) is 12.2 Å². The number of aliphatic hydroxyl groups excluding tert-OH is 1. The Hall–Kier alpha value is -1.87. The van der Waals surface area contributed by atoms with Gasteiger partial charge in [-0.1, -0.05) is 30.3 Å². The summed E-state index contributed by atoms with van der Waals surface area (Å²) in [6.45, 7) is 1.83. The highest BCUT2D eigenvalue weighted by atomic mass is 16.4. The van der Waals surface area contributed by atoms with Crippen LogP contribution in [-0.2, 0) is 6.42 Å². The highest BCUT2D eigenvalue weighted by Gasteiger charge is 2.10. The number of aryl methyl sites for hydroxylation is 1. The van der Waals surface area contributed by atoms with Gasteiger partial charge in [0.05, 0.1) is 6.10 Å². The molecule has 88 valence electrons. The second-order valence-corrected chi connectivity index (χ2v) is 4.05. The molecule has 0 spiro atoms. The molecule has 0 bridgehead atoms. The molecular weight excluding hydrogens is 216 g/mol. The van der Waals surface area contributed by atoms with Crippen LogP contribution < -0.4 is 5.63 Å². The first-order chi connectivity index (χ1) is 8.15. The Morgan fingerprint density at radius 1 is 1.24 bits per heavy atom. The van der Waals surface area contributed by atoms with Crippen molar-refractivity contribution in [1.29, 1.82) is 0 Å². The van der Waals surface area contributed by atoms with Gasteiger partial charge in [0.2, 0.25) is 0 Å². The maximum Gasteiger partial charge on any atom is 0.336 e. The van der Waals surface area contributed by atoms with E-state index in [4.69, 9.17) is 4.42 Å². The lowest BCUT2D eigenvalue weighted by Crippen LogP contribution is -2.06. The average molecular weight is 230 g/mol. The second-order valence-electron chi connectivity index (χ2n) is 4.05. The van der Waals surface area contributed by atoms with Gasteiger partial charge in [0.25, 0.3) is 0 Å². The molecule has 2 aromatic rings. The summed E-state index contributed by atoms with van der Waals surface area (Å²) >= 11 is 0. The molecule has 3 nitrogen and oxygen atoms in total. The van der Waals surface area contributed by atoms with Crippen molar-refractivity contribution in [3.8, 4) is 0 Å². The van der Waals surface area contributed by atoms with Crippen LogP contribution in [0.15, 0.2) is 51.7 Å². The van der Waals surface area contributed by atoms with Crippen LogP contribution in [0.3, 0.4) is 0 Å². The van der Waals surface area contributed by atoms with Gasteiger partial charge in [-0.05, 0) is 24.1 Å². The Labute approximate surface area is 99.3 Å². The van der Waals surface area contributed by atoms with Crippen molar-refractivity contribution in [2.75, 3.05) is 0 Å². The molecule has 0 fully saturated rings. The van der Waals surface area contributed by atoms with Crippen LogP contribution in [0.25, 0.3) is 0 Å². The number of hydrogen-bond acceptors (Lipinski definition) is 3. The molecule has 0 aliphatic rings. The monoisotopic (exact) mass is 230 g/mol. The summed E-state index contributed by atoms with van der Waals surface area (Å²) in [6.07, 6.45) is -0.345. The molecule has 1 aromatic carbocycles. The highest BCUT2D eigenvalue weighted by molar-refractivity contribution is 5.20. The average Bonchev–Trinajstić information content (AvgIpc) is 2.28. The van der Waals surface area contributed by atoms with E-state index in [9.17, 15) is 9.90 Å². The molecule has 0 aliphatic carbocycles. The normalized spacial score (nSPS) is 12.4. The van der Waals surface area contributed by atoms with Crippen LogP contribution in [-0.4, -0.2) is 5.11 Å². The standard InChI is InChI=1S/C14H14O3/c1-10-7-12(17-14(16)8-10)9-13(15)11-5-3-2-4-6-11/h2-8,13,15H,9H2,1H3. The Balaban J connectivity index is 2.18. The lowest BCUT2D eigenvalue weighted by Gasteiger charge is -2.09. The molecule has 0 amide bonds. The third-order valence-electron chi connectivity index (χ3n) is 2.54. The number of aliphatic hydroxyl groups is 1. The van der Waals surface area contributed by atoms with Crippen LogP contribution >= 0.6 is 0 Å². The molecular formula is C14H14O3. The third-order valence-corrected chi connectivity index (χ3v) is 2.54. The topological polar surface area (TPSA) is 50.4 Å². The Bertz CT molecular complexity index is 543. The van der Waals surface area contributed by atoms with Gasteiger partial charge in [-0.15, -0.1) is 0 Å². The van der Waals surface area contributed by atoms with Crippen molar-refractivity contribution in [2.24, 2.45) is 0 Å². The first-order valence-corrected chi connectivity index (χ1v) is 5.49. The van der Waals surface area contributed by atoms with Gasteiger partial charge in [0.1, 0.15) is 5.76 Å². The molecule has 17 heavy (non-hydrogen) atoms. The Morgan fingerprint density at radius 3 is 2.59 bits per heavy atom. The summed E-state index contributed by atoms with van der Waals surface area (Å²) in [7, 11) is 0. The SMILES string of the molecule is Cc1cc(CC(O)c2ccccc2)oc(=O)c1. The second kappa shape index (κ2) is 4.97. The van der Waals surface area contributed by atoms with Gasteiger partial charge in [-0.3, -0.25) is 0 Å². The summed E-state index contributed by atoms with van der Waals surface area (Å²) in [6, 6.07) is 12.5. The van der Waals surface area contributed by atoms with Gasteiger partial charge in [-0.2, -0.15) is 0 Å². The molecule has 0 saturated carbocycles. The number of benzene rings is 1. The van der Waals surface area contributed by atoms with E-state index in [2.05, 4.69) is 0 Å². The zero-order valence-electron chi connectivity index (χ0n) is 9.59. The van der Waals surface area contributed by atoms with E-state index in [1.165, 1.54) is 6.07 Å². The van der Waals surface area contributed by atoms with Gasteiger partial charge in [-0.25, -0.2) is 4.79 Å². The highest BCUT2D eigenvalue weighted by Crippen LogP contribution is 2.17. The van der Waals surface area contributed by atoms with E-state index in [1.807, 2.05) is 37.3 Å². The van der Waals surface area contributed by atoms with Crippen LogP contribution in [0.1, 0.15) is 23.0 Å². The molecule has 1 unspecified atom stereocenters. The van der Waals surface area contributed by atoms with Crippen LogP contribution in [0.4, 0.5) is 0 Å². The van der Waals surface area contributed by atoms with E-state index in [-0.39, 0.29) is 5.63 Å². The van der Waals surface area contributed by atoms with E-state index in [0.717, 1.165) is 11.1 Å². The van der Waals surface area contributed by atoms with Gasteiger partial charge >= 0.3 is 5.63 Å². The summed E-state index contributed by atoms with van der Waals surface area (Å²) in [4.78, 5) is 11.2. The Kier molecular flexibility index (Phi) is 3.40. The number of rotatable bonds is 3. The fourth-order valence-electron chi connectivity index (χ4n) is 1.75. The maximum atomic E-state index is 11.2. The lowest BCUT2D eigenvalue weighted by atomic mass is 10.0. The minimum Gasteiger partial charge on any atom is -0.428 e. The predicted molar refractivity (Wildman–Crippen MR) is 64.8 cm³/mol. The molecule has 1 aromatic heterocycles. The first-order valence-electron chi connectivity index (χ1n) is 5.49. The van der Waals surface area contributed by atoms with Crippen molar-refractivity contribution < 1.29 is 9.52 Å². The van der Waals surface area contributed by atoms with Crippen molar-refractivity contribution in [3.05, 3.63) is 69.8 Å². The molecule has 0 saturated heterocycles. The molecule has 0 radical (unpaired) electrons. The predicted octanol–water partition coefficient (Wildman–Crippen LogP) is 2.22. The van der Waals surface area contributed by atoms with Crippen molar-refractivity contribution in [2.45, 2.75) is 19.4 Å². The lowest BCUT2D eigenvalue weighted by molar-refractivity contribution is 0.169. The maximum absolute atomic E-state index is 11.2. The van der Waals surface area contributed by atoms with Crippen LogP contribution in [0.5, 0.6) is 0 Å². The quantitative estimate of drug-likeness (QED) is 0.879. The van der Waals surface area contributed by atoms with E-state index >= 15 is 0 Å². The smallest absolute Gasteiger partial charge is 0.336 e. The molecule has 3 heteroatoms. The first kappa shape index (κ1) is 11.6. The fourth-order valence-corrected chi connectivity index (χ4v) is 1.75. The van der Waals surface area contributed by atoms with E-state index in [1.54, 1.807) is 6.07 Å². The summed E-state index contributed by atoms with van der Waals surface area (Å²) < 4.78 is 5.03. The van der Waals surface area contributed by atoms with Gasteiger partial charge in [0, 0.05) is 12.5 Å². The van der Waals surface area contributed by atoms with Crippen molar-refractivity contribution in [1.82, 2.24) is 0 Å². The van der Waals surface area contributed by atoms with Crippen molar-refractivity contribution >= 4 is 0 Å². The summed E-state index contributed by atoms with van der Waals surface area (Å²) in [5, 5.41) is 9.99. The molecule has 0 aliphatic heterocycles. The minimum atomic E-state index is -0.652. The fraction of sp³-hybridized carbons (Fsp3) is 0.214. The third kappa shape index (κ3) is 3.04. The molecule has 2 rings (SSSR count). The zero-order chi connectivity index (χ0) is 12.3. The van der Waals surface area contributed by atoms with Crippen LogP contribution in [0.2, 0.25) is 0 Å². The van der Waals surface area contributed by atoms with Gasteiger partial charge in [0.15, 0.2) is 0 Å². The van der Waals surface area contributed by atoms with Gasteiger partial charge < -0.3 is 9.52 Å². The minimum absolute atomic E-state index is 0.306. The number of hydrogen-bond donors (Lipinski definition) is 1. The molecule has 1 N–H and O–H groups in total.